The van der Waals surface area contributed by atoms with E-state index in [4.69, 9.17) is 22.7 Å². The van der Waals surface area contributed by atoms with Crippen LogP contribution in [0.4, 0.5) is 0 Å². The van der Waals surface area contributed by atoms with Crippen LogP contribution in [0.3, 0.4) is 0 Å². The first-order valence-electron chi connectivity index (χ1n) is 5.80. The highest BCUT2D eigenvalue weighted by Gasteiger charge is 2.27. The molecule has 1 aliphatic heterocycles. The summed E-state index contributed by atoms with van der Waals surface area (Å²) in [6.45, 7) is 7.11. The van der Waals surface area contributed by atoms with Crippen molar-refractivity contribution in [2.24, 2.45) is 5.73 Å². The summed E-state index contributed by atoms with van der Waals surface area (Å²) in [6.07, 6.45) is 3.07. The van der Waals surface area contributed by atoms with Crippen LogP contribution in [0.25, 0.3) is 0 Å². The molecule has 0 amide bonds. The average Bonchev–Trinajstić information content (AvgIpc) is 2.25. The molecule has 1 aliphatic rings. The number of thiocarbonyl (C=S) groups is 1. The fraction of sp³-hybridized carbons (Fsp3) is 0.909. The number of hydrogen-bond acceptors (Lipinski definition) is 3. The Kier molecular flexibility index (Phi) is 5.50. The zero-order valence-electron chi connectivity index (χ0n) is 9.74. The molecule has 15 heavy (non-hydrogen) atoms. The molecule has 0 bridgehead atoms. The monoisotopic (exact) mass is 230 g/mol. The maximum Gasteiger partial charge on any atom is 0.0743 e. The molecule has 4 heteroatoms. The lowest BCUT2D eigenvalue weighted by Gasteiger charge is -2.40. The van der Waals surface area contributed by atoms with Crippen LogP contribution in [-0.2, 0) is 4.74 Å². The van der Waals surface area contributed by atoms with E-state index in [-0.39, 0.29) is 0 Å². The molecule has 1 rings (SSSR count). The number of morpholine rings is 1. The van der Waals surface area contributed by atoms with Crippen molar-refractivity contribution in [3.05, 3.63) is 0 Å². The van der Waals surface area contributed by atoms with Crippen LogP contribution in [0.2, 0.25) is 0 Å². The molecule has 1 heterocycles. The van der Waals surface area contributed by atoms with E-state index >= 15 is 0 Å². The Morgan fingerprint density at radius 2 is 2.33 bits per heavy atom. The van der Waals surface area contributed by atoms with E-state index in [1.807, 2.05) is 0 Å². The van der Waals surface area contributed by atoms with E-state index in [9.17, 15) is 0 Å². The lowest BCUT2D eigenvalue weighted by molar-refractivity contribution is -0.0293. The quantitative estimate of drug-likeness (QED) is 0.727. The van der Waals surface area contributed by atoms with Gasteiger partial charge in [0.05, 0.1) is 18.2 Å². The molecule has 2 atom stereocenters. The molecule has 2 N–H and O–H groups in total. The van der Waals surface area contributed by atoms with E-state index in [0.717, 1.165) is 39.0 Å². The predicted octanol–water partition coefficient (Wildman–Crippen LogP) is 1.55. The van der Waals surface area contributed by atoms with Crippen LogP contribution in [0.1, 0.15) is 33.1 Å². The van der Waals surface area contributed by atoms with Crippen molar-refractivity contribution in [2.45, 2.75) is 45.2 Å². The molecule has 0 aromatic rings. The zero-order chi connectivity index (χ0) is 11.3. The van der Waals surface area contributed by atoms with Crippen LogP contribution in [0, 0.1) is 0 Å². The van der Waals surface area contributed by atoms with Crippen LogP contribution in [0.5, 0.6) is 0 Å². The van der Waals surface area contributed by atoms with Gasteiger partial charge in [0.1, 0.15) is 0 Å². The Balaban J connectivity index is 2.58. The fourth-order valence-electron chi connectivity index (χ4n) is 2.23. The standard InChI is InChI=1S/C11H22N2OS/c1-3-9(7-11(12)15)13-5-6-14-8-10(13)4-2/h9-10H,3-8H2,1-2H3,(H2,12,15). The molecular weight excluding hydrogens is 208 g/mol. The third-order valence-corrected chi connectivity index (χ3v) is 3.29. The van der Waals surface area contributed by atoms with Crippen molar-refractivity contribution in [3.8, 4) is 0 Å². The second-order valence-corrected chi connectivity index (χ2v) is 4.63. The van der Waals surface area contributed by atoms with Gasteiger partial charge in [-0.1, -0.05) is 26.1 Å². The van der Waals surface area contributed by atoms with Gasteiger partial charge >= 0.3 is 0 Å². The normalized spacial score (nSPS) is 25.1. The maximum absolute atomic E-state index is 5.64. The van der Waals surface area contributed by atoms with E-state index in [0.29, 0.717) is 17.1 Å². The summed E-state index contributed by atoms with van der Waals surface area (Å²) in [5.74, 6) is 0. The van der Waals surface area contributed by atoms with Crippen molar-refractivity contribution >= 4 is 17.2 Å². The van der Waals surface area contributed by atoms with E-state index in [1.165, 1.54) is 0 Å². The number of hydrogen-bond donors (Lipinski definition) is 1. The first-order valence-corrected chi connectivity index (χ1v) is 6.21. The second kappa shape index (κ2) is 6.40. The minimum absolute atomic E-state index is 0.497. The molecular formula is C11H22N2OS. The summed E-state index contributed by atoms with van der Waals surface area (Å²) < 4.78 is 5.50. The van der Waals surface area contributed by atoms with E-state index in [1.54, 1.807) is 0 Å². The Labute approximate surface area is 98.0 Å². The smallest absolute Gasteiger partial charge is 0.0743 e. The number of nitrogens with two attached hydrogens (primary N) is 1. The maximum atomic E-state index is 5.64. The fourth-order valence-corrected chi connectivity index (χ4v) is 2.42. The van der Waals surface area contributed by atoms with Gasteiger partial charge in [0.15, 0.2) is 0 Å². The number of nitrogens with zero attached hydrogens (tertiary/aromatic N) is 1. The topological polar surface area (TPSA) is 38.5 Å². The van der Waals surface area contributed by atoms with Gasteiger partial charge in [0, 0.05) is 25.0 Å². The third-order valence-electron chi connectivity index (χ3n) is 3.12. The molecule has 0 saturated carbocycles. The van der Waals surface area contributed by atoms with Crippen LogP contribution < -0.4 is 5.73 Å². The van der Waals surface area contributed by atoms with Crippen molar-refractivity contribution in [1.82, 2.24) is 4.90 Å². The van der Waals surface area contributed by atoms with Gasteiger partial charge in [-0.2, -0.15) is 0 Å². The summed E-state index contributed by atoms with van der Waals surface area (Å²) >= 11 is 5.00. The average molecular weight is 230 g/mol. The van der Waals surface area contributed by atoms with Crippen molar-refractivity contribution in [2.75, 3.05) is 19.8 Å². The van der Waals surface area contributed by atoms with Crippen LogP contribution in [0.15, 0.2) is 0 Å². The Morgan fingerprint density at radius 3 is 2.87 bits per heavy atom. The number of ether oxygens (including phenoxy) is 1. The summed E-state index contributed by atoms with van der Waals surface area (Å²) in [4.78, 5) is 3.14. The van der Waals surface area contributed by atoms with E-state index in [2.05, 4.69) is 18.7 Å². The zero-order valence-corrected chi connectivity index (χ0v) is 10.6. The second-order valence-electron chi connectivity index (χ2n) is 4.11. The summed E-state index contributed by atoms with van der Waals surface area (Å²) in [7, 11) is 0. The van der Waals surface area contributed by atoms with Crippen LogP contribution in [-0.4, -0.2) is 41.7 Å². The number of rotatable bonds is 5. The Hall–Kier alpha value is -0.190. The van der Waals surface area contributed by atoms with Gasteiger partial charge in [-0.25, -0.2) is 0 Å². The van der Waals surface area contributed by atoms with E-state index < -0.39 is 0 Å². The molecule has 3 nitrogen and oxygen atoms in total. The highest BCUT2D eigenvalue weighted by atomic mass is 32.1. The SMILES string of the molecule is CCC1COCCN1C(CC)CC(N)=S. The minimum atomic E-state index is 0.497. The lowest BCUT2D eigenvalue weighted by atomic mass is 10.0. The Morgan fingerprint density at radius 1 is 1.60 bits per heavy atom. The molecule has 88 valence electrons. The van der Waals surface area contributed by atoms with Crippen molar-refractivity contribution < 1.29 is 4.74 Å². The first-order chi connectivity index (χ1) is 7.19. The molecule has 1 saturated heterocycles. The molecule has 0 aromatic carbocycles. The predicted molar refractivity (Wildman–Crippen MR) is 67.1 cm³/mol. The van der Waals surface area contributed by atoms with Crippen molar-refractivity contribution in [1.29, 1.82) is 0 Å². The molecule has 0 aromatic heterocycles. The summed E-state index contributed by atoms with van der Waals surface area (Å²) in [5.41, 5.74) is 5.64. The summed E-state index contributed by atoms with van der Waals surface area (Å²) in [5, 5.41) is 0. The molecule has 0 aliphatic carbocycles. The highest BCUT2D eigenvalue weighted by Crippen LogP contribution is 2.18. The minimum Gasteiger partial charge on any atom is -0.393 e. The van der Waals surface area contributed by atoms with Gasteiger partial charge < -0.3 is 10.5 Å². The van der Waals surface area contributed by atoms with Gasteiger partial charge in [-0.15, -0.1) is 0 Å². The van der Waals surface area contributed by atoms with Gasteiger partial charge in [-0.05, 0) is 12.8 Å². The van der Waals surface area contributed by atoms with Gasteiger partial charge in [0.2, 0.25) is 0 Å². The van der Waals surface area contributed by atoms with Crippen LogP contribution >= 0.6 is 12.2 Å². The molecule has 2 unspecified atom stereocenters. The lowest BCUT2D eigenvalue weighted by Crippen LogP contribution is -2.51. The molecule has 0 radical (unpaired) electrons. The first kappa shape index (κ1) is 12.9. The molecule has 1 fully saturated rings. The highest BCUT2D eigenvalue weighted by molar-refractivity contribution is 7.80. The van der Waals surface area contributed by atoms with Crippen molar-refractivity contribution in [3.63, 3.8) is 0 Å². The summed E-state index contributed by atoms with van der Waals surface area (Å²) in [6, 6.07) is 1.04. The van der Waals surface area contributed by atoms with Gasteiger partial charge in [-0.3, -0.25) is 4.90 Å². The van der Waals surface area contributed by atoms with Gasteiger partial charge in [0.25, 0.3) is 0 Å². The third kappa shape index (κ3) is 3.70. The Bertz CT molecular complexity index is 211. The largest absolute Gasteiger partial charge is 0.393 e. The molecule has 0 spiro atoms.